The van der Waals surface area contributed by atoms with Crippen LogP contribution in [0.5, 0.6) is 23.0 Å². The molecule has 1 heterocycles. The number of nitrogens with zero attached hydrogens (tertiary/aromatic N) is 2. The molecule has 4 rings (SSSR count). The van der Waals surface area contributed by atoms with E-state index >= 15 is 0 Å². The van der Waals surface area contributed by atoms with Gasteiger partial charge in [0.25, 0.3) is 10.0 Å². The molecule has 1 aliphatic heterocycles. The average molecular weight is 542 g/mol. The van der Waals surface area contributed by atoms with Crippen LogP contribution in [0, 0.1) is 0 Å². The molecular formula is C26H27N3O8S. The summed E-state index contributed by atoms with van der Waals surface area (Å²) >= 11 is 0. The van der Waals surface area contributed by atoms with Crippen molar-refractivity contribution in [3.8, 4) is 23.0 Å². The molecule has 0 unspecified atom stereocenters. The molecule has 11 nitrogen and oxygen atoms in total. The first kappa shape index (κ1) is 26.6. The molecule has 0 saturated carbocycles. The van der Waals surface area contributed by atoms with Gasteiger partial charge in [-0.25, -0.2) is 13.2 Å². The van der Waals surface area contributed by atoms with Gasteiger partial charge in [-0.15, -0.1) is 0 Å². The minimum atomic E-state index is -4.29. The minimum absolute atomic E-state index is 0.0358. The van der Waals surface area contributed by atoms with Gasteiger partial charge in [-0.3, -0.25) is 9.69 Å². The summed E-state index contributed by atoms with van der Waals surface area (Å²) in [4.78, 5) is 27.6. The number of rotatable bonds is 9. The number of para-hydroxylation sites is 2. The van der Waals surface area contributed by atoms with E-state index in [1.165, 1.54) is 58.8 Å². The number of sulfonamides is 1. The maximum atomic E-state index is 13.6. The van der Waals surface area contributed by atoms with E-state index in [0.29, 0.717) is 27.1 Å². The summed E-state index contributed by atoms with van der Waals surface area (Å²) in [5, 5.41) is 2.76. The SMILES string of the molecule is COc1ccc(N2C(=O)N(CC(=O)NCc3cccc(OC)c3OC)c3ccccc3S2(=O)=O)cc1OC. The predicted octanol–water partition coefficient (Wildman–Crippen LogP) is 3.17. The van der Waals surface area contributed by atoms with Gasteiger partial charge in [-0.1, -0.05) is 24.3 Å². The van der Waals surface area contributed by atoms with Crippen molar-refractivity contribution in [1.82, 2.24) is 5.32 Å². The maximum Gasteiger partial charge on any atom is 0.343 e. The van der Waals surface area contributed by atoms with Gasteiger partial charge in [-0.2, -0.15) is 4.31 Å². The molecule has 0 aliphatic carbocycles. The molecule has 3 amide bonds. The number of fused-ring (bicyclic) bond motifs is 1. The van der Waals surface area contributed by atoms with Crippen molar-refractivity contribution >= 4 is 33.3 Å². The lowest BCUT2D eigenvalue weighted by molar-refractivity contribution is -0.119. The van der Waals surface area contributed by atoms with E-state index in [4.69, 9.17) is 18.9 Å². The van der Waals surface area contributed by atoms with E-state index < -0.39 is 28.5 Å². The monoisotopic (exact) mass is 541 g/mol. The van der Waals surface area contributed by atoms with Gasteiger partial charge in [0.15, 0.2) is 23.0 Å². The second kappa shape index (κ2) is 10.9. The Balaban J connectivity index is 1.65. The fourth-order valence-corrected chi connectivity index (χ4v) is 5.74. The highest BCUT2D eigenvalue weighted by molar-refractivity contribution is 7.94. The summed E-state index contributed by atoms with van der Waals surface area (Å²) in [6.45, 7) is -0.331. The summed E-state index contributed by atoms with van der Waals surface area (Å²) in [5.41, 5.74) is 0.803. The van der Waals surface area contributed by atoms with Crippen molar-refractivity contribution in [3.63, 3.8) is 0 Å². The predicted molar refractivity (Wildman–Crippen MR) is 140 cm³/mol. The fourth-order valence-electron chi connectivity index (χ4n) is 4.15. The zero-order chi connectivity index (χ0) is 27.4. The van der Waals surface area contributed by atoms with Crippen molar-refractivity contribution < 1.29 is 37.0 Å². The Kier molecular flexibility index (Phi) is 7.62. The van der Waals surface area contributed by atoms with Gasteiger partial charge in [-0.05, 0) is 30.3 Å². The van der Waals surface area contributed by atoms with Gasteiger partial charge in [0, 0.05) is 18.2 Å². The topological polar surface area (TPSA) is 124 Å². The molecule has 3 aromatic rings. The Morgan fingerprint density at radius 2 is 1.55 bits per heavy atom. The number of nitrogens with one attached hydrogen (secondary N) is 1. The second-order valence-corrected chi connectivity index (χ2v) is 9.83. The van der Waals surface area contributed by atoms with Crippen LogP contribution in [0.3, 0.4) is 0 Å². The van der Waals surface area contributed by atoms with E-state index in [-0.39, 0.29) is 28.6 Å². The van der Waals surface area contributed by atoms with Crippen molar-refractivity contribution in [2.24, 2.45) is 0 Å². The fraction of sp³-hybridized carbons (Fsp3) is 0.231. The van der Waals surface area contributed by atoms with E-state index in [1.54, 1.807) is 30.3 Å². The highest BCUT2D eigenvalue weighted by atomic mass is 32.2. The van der Waals surface area contributed by atoms with Crippen LogP contribution in [-0.4, -0.2) is 55.3 Å². The number of anilines is 2. The normalized spacial score (nSPS) is 13.9. The lowest BCUT2D eigenvalue weighted by atomic mass is 10.2. The van der Waals surface area contributed by atoms with Gasteiger partial charge in [0.2, 0.25) is 5.91 Å². The van der Waals surface area contributed by atoms with Gasteiger partial charge >= 0.3 is 6.03 Å². The second-order valence-electron chi connectivity index (χ2n) is 8.07. The molecular weight excluding hydrogens is 514 g/mol. The van der Waals surface area contributed by atoms with Crippen LogP contribution >= 0.6 is 0 Å². The summed E-state index contributed by atoms with van der Waals surface area (Å²) in [6, 6.07) is 14.7. The van der Waals surface area contributed by atoms with Gasteiger partial charge < -0.3 is 24.3 Å². The first-order valence-corrected chi connectivity index (χ1v) is 12.8. The Morgan fingerprint density at radius 1 is 0.842 bits per heavy atom. The van der Waals surface area contributed by atoms with Crippen LogP contribution in [0.2, 0.25) is 0 Å². The van der Waals surface area contributed by atoms with E-state index in [1.807, 2.05) is 0 Å². The number of amides is 3. The summed E-state index contributed by atoms with van der Waals surface area (Å²) in [6.07, 6.45) is 0. The highest BCUT2D eigenvalue weighted by Crippen LogP contribution is 2.40. The molecule has 38 heavy (non-hydrogen) atoms. The smallest absolute Gasteiger partial charge is 0.343 e. The van der Waals surface area contributed by atoms with Crippen molar-refractivity contribution in [3.05, 3.63) is 66.2 Å². The lowest BCUT2D eigenvalue weighted by Crippen LogP contribution is -2.53. The number of hydrogen-bond acceptors (Lipinski definition) is 8. The summed E-state index contributed by atoms with van der Waals surface area (Å²) in [5.74, 6) is 1.08. The molecule has 0 saturated heterocycles. The summed E-state index contributed by atoms with van der Waals surface area (Å²) in [7, 11) is 1.56. The number of hydrogen-bond donors (Lipinski definition) is 1. The molecule has 12 heteroatoms. The van der Waals surface area contributed by atoms with Crippen LogP contribution in [-0.2, 0) is 21.4 Å². The van der Waals surface area contributed by atoms with Crippen LogP contribution in [0.15, 0.2) is 65.6 Å². The summed E-state index contributed by atoms with van der Waals surface area (Å²) < 4.78 is 48.9. The minimum Gasteiger partial charge on any atom is -0.493 e. The molecule has 1 aliphatic rings. The largest absolute Gasteiger partial charge is 0.493 e. The van der Waals surface area contributed by atoms with Gasteiger partial charge in [0.05, 0.1) is 39.8 Å². The lowest BCUT2D eigenvalue weighted by Gasteiger charge is -2.36. The van der Waals surface area contributed by atoms with Crippen LogP contribution in [0.25, 0.3) is 0 Å². The van der Waals surface area contributed by atoms with E-state index in [9.17, 15) is 18.0 Å². The van der Waals surface area contributed by atoms with Crippen LogP contribution in [0.4, 0.5) is 16.2 Å². The van der Waals surface area contributed by atoms with Crippen molar-refractivity contribution in [1.29, 1.82) is 0 Å². The number of ether oxygens (including phenoxy) is 4. The van der Waals surface area contributed by atoms with Crippen molar-refractivity contribution in [2.75, 3.05) is 44.2 Å². The van der Waals surface area contributed by atoms with Crippen molar-refractivity contribution in [2.45, 2.75) is 11.4 Å². The van der Waals surface area contributed by atoms with Crippen LogP contribution < -0.4 is 33.5 Å². The molecule has 1 N–H and O–H groups in total. The van der Waals surface area contributed by atoms with E-state index in [2.05, 4.69) is 5.32 Å². The number of carbonyl (C=O) groups is 2. The molecule has 0 spiro atoms. The zero-order valence-electron chi connectivity index (χ0n) is 21.3. The molecule has 0 radical (unpaired) electrons. The molecule has 0 atom stereocenters. The number of urea groups is 1. The Morgan fingerprint density at radius 3 is 2.24 bits per heavy atom. The standard InChI is InChI=1S/C26H27N3O8S/c1-34-20-13-12-18(14-22(20)36-3)29-26(31)28(19-9-5-6-11-23(19)38(29,32)33)16-24(30)27-15-17-8-7-10-21(35-2)25(17)37-4/h5-14H,15-16H2,1-4H3,(H,27,30). The third-order valence-electron chi connectivity index (χ3n) is 5.94. The zero-order valence-corrected chi connectivity index (χ0v) is 22.1. The van der Waals surface area contributed by atoms with Crippen LogP contribution in [0.1, 0.15) is 5.56 Å². The molecule has 0 aromatic heterocycles. The quantitative estimate of drug-likeness (QED) is 0.438. The number of benzene rings is 3. The molecule has 3 aromatic carbocycles. The average Bonchev–Trinajstić information content (AvgIpc) is 2.93. The Bertz CT molecular complexity index is 1480. The maximum absolute atomic E-state index is 13.6. The number of methoxy groups -OCH3 is 4. The first-order valence-electron chi connectivity index (χ1n) is 11.4. The molecule has 200 valence electrons. The first-order chi connectivity index (χ1) is 18.3. The number of carbonyl (C=O) groups excluding carboxylic acids is 2. The van der Waals surface area contributed by atoms with Gasteiger partial charge in [0.1, 0.15) is 11.4 Å². The van der Waals surface area contributed by atoms with E-state index in [0.717, 1.165) is 4.90 Å². The molecule has 0 bridgehead atoms. The Labute approximate surface area is 220 Å². The molecule has 0 fully saturated rings. The third-order valence-corrected chi connectivity index (χ3v) is 7.69. The Hall–Kier alpha value is -4.45. The third kappa shape index (κ3) is 4.77. The highest BCUT2D eigenvalue weighted by Gasteiger charge is 2.43.